The Kier molecular flexibility index (Phi) is 4.08. The van der Waals surface area contributed by atoms with Crippen LogP contribution in [0.3, 0.4) is 0 Å². The number of hydrogen-bond acceptors (Lipinski definition) is 3. The third kappa shape index (κ3) is 2.87. The van der Waals surface area contributed by atoms with E-state index in [1.165, 1.54) is 0 Å². The molecule has 1 saturated heterocycles. The van der Waals surface area contributed by atoms with Crippen molar-refractivity contribution in [2.24, 2.45) is 5.41 Å². The van der Waals surface area contributed by atoms with E-state index in [-0.39, 0.29) is 11.5 Å². The third-order valence-corrected chi connectivity index (χ3v) is 6.59. The van der Waals surface area contributed by atoms with Crippen LogP contribution in [0.5, 0.6) is 0 Å². The molecule has 2 fully saturated rings. The Hall–Kier alpha value is -0.910. The number of aryl methyl sites for hydroxylation is 1. The van der Waals surface area contributed by atoms with Crippen molar-refractivity contribution in [1.82, 2.24) is 4.72 Å². The smallest absolute Gasteiger partial charge is 0.240 e. The molecule has 1 aromatic carbocycles. The van der Waals surface area contributed by atoms with Crippen LogP contribution in [0.2, 0.25) is 0 Å². The molecule has 1 atom stereocenters. The van der Waals surface area contributed by atoms with E-state index in [1.54, 1.807) is 12.1 Å². The summed E-state index contributed by atoms with van der Waals surface area (Å²) < 4.78 is 33.4. The maximum atomic E-state index is 12.5. The second-order valence-electron chi connectivity index (χ2n) is 6.18. The molecule has 1 spiro atoms. The summed E-state index contributed by atoms with van der Waals surface area (Å²) in [5, 5.41) is 0. The van der Waals surface area contributed by atoms with Crippen molar-refractivity contribution < 1.29 is 13.2 Å². The third-order valence-electron chi connectivity index (χ3n) is 5.10. The van der Waals surface area contributed by atoms with E-state index in [4.69, 9.17) is 4.74 Å². The van der Waals surface area contributed by atoms with Crippen LogP contribution in [0.4, 0.5) is 0 Å². The van der Waals surface area contributed by atoms with E-state index in [0.29, 0.717) is 4.90 Å². The topological polar surface area (TPSA) is 55.4 Å². The minimum Gasteiger partial charge on any atom is -0.381 e. The predicted molar refractivity (Wildman–Crippen MR) is 81.6 cm³/mol. The molecule has 1 aliphatic heterocycles. The summed E-state index contributed by atoms with van der Waals surface area (Å²) in [7, 11) is -3.41. The molecule has 0 amide bonds. The Morgan fingerprint density at radius 3 is 2.38 bits per heavy atom. The van der Waals surface area contributed by atoms with Crippen LogP contribution in [-0.4, -0.2) is 27.7 Å². The first kappa shape index (κ1) is 15.0. The lowest BCUT2D eigenvalue weighted by Crippen LogP contribution is -2.57. The van der Waals surface area contributed by atoms with Crippen molar-refractivity contribution in [3.63, 3.8) is 0 Å². The van der Waals surface area contributed by atoms with Gasteiger partial charge in [0.1, 0.15) is 0 Å². The minimum absolute atomic E-state index is 0.0669. The monoisotopic (exact) mass is 309 g/mol. The van der Waals surface area contributed by atoms with Crippen LogP contribution in [0, 0.1) is 5.41 Å². The van der Waals surface area contributed by atoms with Gasteiger partial charge in [-0.2, -0.15) is 0 Å². The van der Waals surface area contributed by atoms with E-state index in [1.807, 2.05) is 12.1 Å². The molecule has 3 rings (SSSR count). The van der Waals surface area contributed by atoms with E-state index >= 15 is 0 Å². The average molecular weight is 309 g/mol. The fourth-order valence-electron chi connectivity index (χ4n) is 3.42. The Bertz CT molecular complexity index is 588. The van der Waals surface area contributed by atoms with Gasteiger partial charge in [-0.1, -0.05) is 19.1 Å². The van der Waals surface area contributed by atoms with Gasteiger partial charge >= 0.3 is 0 Å². The molecular weight excluding hydrogens is 286 g/mol. The highest BCUT2D eigenvalue weighted by Crippen LogP contribution is 2.49. The van der Waals surface area contributed by atoms with E-state index in [2.05, 4.69) is 11.6 Å². The van der Waals surface area contributed by atoms with Crippen LogP contribution >= 0.6 is 0 Å². The summed E-state index contributed by atoms with van der Waals surface area (Å²) in [5.41, 5.74) is 1.28. The molecule has 1 N–H and O–H groups in total. The van der Waals surface area contributed by atoms with Crippen molar-refractivity contribution in [1.29, 1.82) is 0 Å². The van der Waals surface area contributed by atoms with E-state index in [9.17, 15) is 8.42 Å². The van der Waals surface area contributed by atoms with E-state index in [0.717, 1.165) is 50.9 Å². The molecule has 1 saturated carbocycles. The van der Waals surface area contributed by atoms with Crippen LogP contribution < -0.4 is 4.72 Å². The standard InChI is InChI=1S/C16H23NO3S/c1-2-13-3-5-14(6-4-13)21(18,19)17-15-7-8-16(15)9-11-20-12-10-16/h3-6,15,17H,2,7-12H2,1H3. The van der Waals surface area contributed by atoms with Gasteiger partial charge in [0.2, 0.25) is 10.0 Å². The maximum absolute atomic E-state index is 12.5. The van der Waals surface area contributed by atoms with Gasteiger partial charge in [0, 0.05) is 19.3 Å². The molecule has 4 nitrogen and oxygen atoms in total. The highest BCUT2D eigenvalue weighted by atomic mass is 32.2. The molecule has 0 aromatic heterocycles. The summed E-state index contributed by atoms with van der Waals surface area (Å²) in [6, 6.07) is 7.25. The fourth-order valence-corrected chi connectivity index (χ4v) is 4.79. The normalized spacial score (nSPS) is 24.7. The summed E-state index contributed by atoms with van der Waals surface area (Å²) in [6.07, 6.45) is 4.90. The van der Waals surface area contributed by atoms with E-state index < -0.39 is 10.0 Å². The summed E-state index contributed by atoms with van der Waals surface area (Å²) in [4.78, 5) is 0.369. The number of ether oxygens (including phenoxy) is 1. The zero-order valence-electron chi connectivity index (χ0n) is 12.5. The largest absolute Gasteiger partial charge is 0.381 e. The van der Waals surface area contributed by atoms with Crippen LogP contribution in [0.15, 0.2) is 29.2 Å². The van der Waals surface area contributed by atoms with Gasteiger partial charge in [-0.25, -0.2) is 13.1 Å². The maximum Gasteiger partial charge on any atom is 0.240 e. The average Bonchev–Trinajstić information content (AvgIpc) is 2.52. The summed E-state index contributed by atoms with van der Waals surface area (Å²) in [6.45, 7) is 3.57. The van der Waals surface area contributed by atoms with Gasteiger partial charge in [-0.3, -0.25) is 0 Å². The lowest BCUT2D eigenvalue weighted by molar-refractivity contribution is -0.0483. The van der Waals surface area contributed by atoms with Crippen LogP contribution in [-0.2, 0) is 21.2 Å². The number of sulfonamides is 1. The zero-order chi connectivity index (χ0) is 14.9. The highest BCUT2D eigenvalue weighted by molar-refractivity contribution is 7.89. The number of rotatable bonds is 4. The molecule has 1 heterocycles. The lowest BCUT2D eigenvalue weighted by Gasteiger charge is -2.51. The summed E-state index contributed by atoms with van der Waals surface area (Å²) >= 11 is 0. The van der Waals surface area contributed by atoms with Gasteiger partial charge in [0.05, 0.1) is 4.90 Å². The second-order valence-corrected chi connectivity index (χ2v) is 7.90. The first-order valence-corrected chi connectivity index (χ1v) is 9.23. The van der Waals surface area contributed by atoms with Crippen molar-refractivity contribution >= 4 is 10.0 Å². The molecule has 1 aromatic rings. The van der Waals surface area contributed by atoms with Gasteiger partial charge in [0.25, 0.3) is 0 Å². The van der Waals surface area contributed by atoms with Crippen molar-refractivity contribution in [3.8, 4) is 0 Å². The first-order chi connectivity index (χ1) is 10.1. The number of nitrogens with one attached hydrogen (secondary N) is 1. The van der Waals surface area contributed by atoms with Gasteiger partial charge < -0.3 is 4.74 Å². The Labute approximate surface area is 126 Å². The van der Waals surface area contributed by atoms with Gasteiger partial charge in [0.15, 0.2) is 0 Å². The Balaban J connectivity index is 1.73. The minimum atomic E-state index is -3.41. The zero-order valence-corrected chi connectivity index (χ0v) is 13.3. The number of benzene rings is 1. The molecule has 2 aliphatic rings. The van der Waals surface area contributed by atoms with Gasteiger partial charge in [-0.15, -0.1) is 0 Å². The highest BCUT2D eigenvalue weighted by Gasteiger charge is 2.48. The molecule has 0 radical (unpaired) electrons. The molecule has 21 heavy (non-hydrogen) atoms. The molecule has 1 unspecified atom stereocenters. The lowest BCUT2D eigenvalue weighted by atomic mass is 9.60. The van der Waals surface area contributed by atoms with Crippen molar-refractivity contribution in [2.75, 3.05) is 13.2 Å². The Morgan fingerprint density at radius 1 is 1.19 bits per heavy atom. The molecule has 5 heteroatoms. The molecule has 0 bridgehead atoms. The predicted octanol–water partition coefficient (Wildman–Crippen LogP) is 2.49. The van der Waals surface area contributed by atoms with Gasteiger partial charge in [-0.05, 0) is 55.2 Å². The second kappa shape index (κ2) is 5.71. The molecule has 1 aliphatic carbocycles. The SMILES string of the molecule is CCc1ccc(S(=O)(=O)NC2CCC23CCOCC3)cc1. The number of hydrogen-bond donors (Lipinski definition) is 1. The molecular formula is C16H23NO3S. The van der Waals surface area contributed by atoms with Crippen LogP contribution in [0.25, 0.3) is 0 Å². The van der Waals surface area contributed by atoms with Crippen molar-refractivity contribution in [3.05, 3.63) is 29.8 Å². The fraction of sp³-hybridized carbons (Fsp3) is 0.625. The van der Waals surface area contributed by atoms with Crippen LogP contribution in [0.1, 0.15) is 38.2 Å². The Morgan fingerprint density at radius 2 is 1.86 bits per heavy atom. The van der Waals surface area contributed by atoms with Crippen molar-refractivity contribution in [2.45, 2.75) is 50.0 Å². The molecule has 116 valence electrons. The summed E-state index contributed by atoms with van der Waals surface area (Å²) in [5.74, 6) is 0. The quantitative estimate of drug-likeness (QED) is 0.929. The first-order valence-electron chi connectivity index (χ1n) is 7.75.